The molecule has 2 rings (SSSR count). The summed E-state index contributed by atoms with van der Waals surface area (Å²) in [6.45, 7) is 1.90. The average Bonchev–Trinajstić information content (AvgIpc) is 2.61. The maximum absolute atomic E-state index is 12.2. The third-order valence-electron chi connectivity index (χ3n) is 3.72. The zero-order valence-corrected chi connectivity index (χ0v) is 15.2. The largest absolute Gasteiger partial charge is 0.493 e. The highest BCUT2D eigenvalue weighted by Crippen LogP contribution is 2.29. The number of carbonyl (C=O) groups excluding carboxylic acids is 1. The number of hydrogen-bond donors (Lipinski definition) is 2. The van der Waals surface area contributed by atoms with Gasteiger partial charge in [-0.15, -0.1) is 0 Å². The Kier molecular flexibility index (Phi) is 6.05. The molecule has 1 atom stereocenters. The van der Waals surface area contributed by atoms with Crippen LogP contribution in [0.15, 0.2) is 36.5 Å². The van der Waals surface area contributed by atoms with Gasteiger partial charge in [-0.05, 0) is 36.8 Å². The van der Waals surface area contributed by atoms with E-state index in [2.05, 4.69) is 15.6 Å². The van der Waals surface area contributed by atoms with Gasteiger partial charge in [0.1, 0.15) is 5.82 Å². The van der Waals surface area contributed by atoms with Gasteiger partial charge in [0.15, 0.2) is 11.5 Å². The number of urea groups is 1. The summed E-state index contributed by atoms with van der Waals surface area (Å²) in [5.74, 6) is 2.09. The van der Waals surface area contributed by atoms with Crippen LogP contribution in [0, 0.1) is 0 Å². The highest BCUT2D eigenvalue weighted by Gasteiger charge is 2.13. The average molecular weight is 344 g/mol. The first kappa shape index (κ1) is 18.4. The predicted molar refractivity (Wildman–Crippen MR) is 98.7 cm³/mol. The van der Waals surface area contributed by atoms with Gasteiger partial charge in [-0.2, -0.15) is 0 Å². The Bertz CT molecular complexity index is 717. The summed E-state index contributed by atoms with van der Waals surface area (Å²) in [5, 5.41) is 5.66. The lowest BCUT2D eigenvalue weighted by Crippen LogP contribution is -2.31. The summed E-state index contributed by atoms with van der Waals surface area (Å²) in [6.07, 6.45) is 1.62. The van der Waals surface area contributed by atoms with Crippen molar-refractivity contribution in [2.45, 2.75) is 13.0 Å². The van der Waals surface area contributed by atoms with E-state index in [1.807, 2.05) is 56.3 Å². The van der Waals surface area contributed by atoms with Gasteiger partial charge in [-0.25, -0.2) is 9.78 Å². The summed E-state index contributed by atoms with van der Waals surface area (Å²) in [7, 11) is 6.99. The second-order valence-electron chi connectivity index (χ2n) is 5.73. The van der Waals surface area contributed by atoms with Gasteiger partial charge in [0.25, 0.3) is 0 Å². The quantitative estimate of drug-likeness (QED) is 0.842. The number of aromatic nitrogens is 1. The molecule has 25 heavy (non-hydrogen) atoms. The Morgan fingerprint density at radius 3 is 2.40 bits per heavy atom. The Morgan fingerprint density at radius 2 is 1.84 bits per heavy atom. The molecule has 0 fully saturated rings. The molecule has 0 radical (unpaired) electrons. The highest BCUT2D eigenvalue weighted by atomic mass is 16.5. The normalized spacial score (nSPS) is 11.4. The summed E-state index contributed by atoms with van der Waals surface area (Å²) >= 11 is 0. The number of amides is 2. The minimum atomic E-state index is -0.304. The first-order valence-electron chi connectivity index (χ1n) is 7.87. The molecular formula is C18H24N4O3. The fraction of sp³-hybridized carbons (Fsp3) is 0.333. The topological polar surface area (TPSA) is 75.7 Å². The molecule has 0 saturated carbocycles. The molecule has 0 spiro atoms. The Morgan fingerprint density at radius 1 is 1.12 bits per heavy atom. The van der Waals surface area contributed by atoms with E-state index in [4.69, 9.17) is 9.47 Å². The third-order valence-corrected chi connectivity index (χ3v) is 3.72. The molecule has 1 unspecified atom stereocenters. The van der Waals surface area contributed by atoms with Crippen molar-refractivity contribution in [3.63, 3.8) is 0 Å². The highest BCUT2D eigenvalue weighted by molar-refractivity contribution is 5.89. The molecule has 134 valence electrons. The minimum Gasteiger partial charge on any atom is -0.493 e. The van der Waals surface area contributed by atoms with Gasteiger partial charge < -0.3 is 25.0 Å². The van der Waals surface area contributed by atoms with E-state index in [0.717, 1.165) is 11.4 Å². The van der Waals surface area contributed by atoms with E-state index >= 15 is 0 Å². The molecule has 1 heterocycles. The summed E-state index contributed by atoms with van der Waals surface area (Å²) < 4.78 is 10.5. The van der Waals surface area contributed by atoms with Crippen LogP contribution in [-0.2, 0) is 0 Å². The molecule has 1 aromatic heterocycles. The molecule has 0 bridgehead atoms. The lowest BCUT2D eigenvalue weighted by Gasteiger charge is -2.17. The van der Waals surface area contributed by atoms with Gasteiger partial charge >= 0.3 is 6.03 Å². The summed E-state index contributed by atoms with van der Waals surface area (Å²) in [4.78, 5) is 18.3. The maximum Gasteiger partial charge on any atom is 0.319 e. The molecule has 0 aliphatic rings. The van der Waals surface area contributed by atoms with Crippen molar-refractivity contribution in [1.82, 2.24) is 10.3 Å². The van der Waals surface area contributed by atoms with Crippen molar-refractivity contribution >= 4 is 17.5 Å². The molecular weight excluding hydrogens is 320 g/mol. The molecule has 7 heteroatoms. The number of pyridine rings is 1. The van der Waals surface area contributed by atoms with Crippen LogP contribution in [0.3, 0.4) is 0 Å². The zero-order chi connectivity index (χ0) is 18.4. The number of rotatable bonds is 6. The monoisotopic (exact) mass is 344 g/mol. The van der Waals surface area contributed by atoms with Crippen LogP contribution in [0.1, 0.15) is 18.5 Å². The van der Waals surface area contributed by atoms with E-state index in [0.29, 0.717) is 17.2 Å². The standard InChI is InChI=1S/C18H24N4O3/c1-12(13-6-8-15(24-4)16(10-13)25-5)20-18(23)21-14-7-9-17(19-11-14)22(2)3/h6-12H,1-5H3,(H2,20,21,23). The molecule has 7 nitrogen and oxygen atoms in total. The van der Waals surface area contributed by atoms with Gasteiger partial charge in [0.2, 0.25) is 0 Å². The smallest absolute Gasteiger partial charge is 0.319 e. The molecule has 1 aromatic carbocycles. The number of hydrogen-bond acceptors (Lipinski definition) is 5. The van der Waals surface area contributed by atoms with Gasteiger partial charge in [0.05, 0.1) is 32.1 Å². The van der Waals surface area contributed by atoms with Crippen LogP contribution in [0.25, 0.3) is 0 Å². The van der Waals surface area contributed by atoms with E-state index < -0.39 is 0 Å². The lowest BCUT2D eigenvalue weighted by atomic mass is 10.1. The third kappa shape index (κ3) is 4.76. The first-order chi connectivity index (χ1) is 11.9. The number of carbonyl (C=O) groups is 1. The van der Waals surface area contributed by atoms with Crippen molar-refractivity contribution in [2.24, 2.45) is 0 Å². The molecule has 0 aliphatic carbocycles. The Balaban J connectivity index is 2.00. The number of ether oxygens (including phenoxy) is 2. The second kappa shape index (κ2) is 8.23. The second-order valence-corrected chi connectivity index (χ2v) is 5.73. The Labute approximate surface area is 148 Å². The van der Waals surface area contributed by atoms with E-state index in [-0.39, 0.29) is 12.1 Å². The van der Waals surface area contributed by atoms with Crippen LogP contribution in [0.5, 0.6) is 11.5 Å². The molecule has 0 saturated heterocycles. The molecule has 2 aromatic rings. The van der Waals surface area contributed by atoms with E-state index in [9.17, 15) is 4.79 Å². The van der Waals surface area contributed by atoms with E-state index in [1.165, 1.54) is 0 Å². The first-order valence-corrected chi connectivity index (χ1v) is 7.87. The van der Waals surface area contributed by atoms with Crippen molar-refractivity contribution in [3.8, 4) is 11.5 Å². The molecule has 0 aliphatic heterocycles. The summed E-state index contributed by atoms with van der Waals surface area (Å²) in [6, 6.07) is 8.69. The van der Waals surface area contributed by atoms with Crippen molar-refractivity contribution in [2.75, 3.05) is 38.5 Å². The van der Waals surface area contributed by atoms with Crippen LogP contribution in [0.4, 0.5) is 16.3 Å². The number of anilines is 2. The Hall–Kier alpha value is -2.96. The van der Waals surface area contributed by atoms with Crippen LogP contribution >= 0.6 is 0 Å². The molecule has 2 amide bonds. The number of nitrogens with one attached hydrogen (secondary N) is 2. The van der Waals surface area contributed by atoms with Gasteiger partial charge in [-0.3, -0.25) is 0 Å². The lowest BCUT2D eigenvalue weighted by molar-refractivity contribution is 0.249. The van der Waals surface area contributed by atoms with Gasteiger partial charge in [-0.1, -0.05) is 6.07 Å². The number of methoxy groups -OCH3 is 2. The van der Waals surface area contributed by atoms with Crippen molar-refractivity contribution in [1.29, 1.82) is 0 Å². The number of nitrogens with zero attached hydrogens (tertiary/aromatic N) is 2. The minimum absolute atomic E-state index is 0.200. The number of benzene rings is 1. The van der Waals surface area contributed by atoms with Crippen LogP contribution < -0.4 is 25.0 Å². The van der Waals surface area contributed by atoms with E-state index in [1.54, 1.807) is 20.4 Å². The fourth-order valence-corrected chi connectivity index (χ4v) is 2.29. The van der Waals surface area contributed by atoms with Crippen molar-refractivity contribution in [3.05, 3.63) is 42.1 Å². The van der Waals surface area contributed by atoms with Gasteiger partial charge in [0, 0.05) is 14.1 Å². The molecule has 2 N–H and O–H groups in total. The fourth-order valence-electron chi connectivity index (χ4n) is 2.29. The van der Waals surface area contributed by atoms with Crippen LogP contribution in [-0.4, -0.2) is 39.3 Å². The summed E-state index contributed by atoms with van der Waals surface area (Å²) in [5.41, 5.74) is 1.54. The van der Waals surface area contributed by atoms with Crippen molar-refractivity contribution < 1.29 is 14.3 Å². The van der Waals surface area contributed by atoms with Crippen LogP contribution in [0.2, 0.25) is 0 Å². The predicted octanol–water partition coefficient (Wildman–Crippen LogP) is 3.05. The maximum atomic E-state index is 12.2. The SMILES string of the molecule is COc1ccc(C(C)NC(=O)Nc2ccc(N(C)C)nc2)cc1OC. The zero-order valence-electron chi connectivity index (χ0n) is 15.2.